The Morgan fingerprint density at radius 1 is 1.50 bits per heavy atom. The maximum absolute atomic E-state index is 10.8. The van der Waals surface area contributed by atoms with E-state index in [-0.39, 0.29) is 0 Å². The number of aldehydes is 1. The third-order valence-electron chi connectivity index (χ3n) is 2.27. The largest absolute Gasteiger partial charge is 0.340 e. The molecule has 72 valence electrons. The minimum Gasteiger partial charge on any atom is -0.340 e. The minimum absolute atomic E-state index is 0.505. The Labute approximate surface area is 94.6 Å². The first kappa shape index (κ1) is 9.74. The molecule has 0 radical (unpaired) electrons. The summed E-state index contributed by atoms with van der Waals surface area (Å²) in [6, 6.07) is 5.75. The Kier molecular flexibility index (Phi) is 2.37. The molecule has 0 fully saturated rings. The zero-order valence-corrected chi connectivity index (χ0v) is 9.76. The van der Waals surface area contributed by atoms with Crippen molar-refractivity contribution in [2.75, 3.05) is 0 Å². The smallest absolute Gasteiger partial charge is 0.168 e. The van der Waals surface area contributed by atoms with Crippen molar-refractivity contribution in [1.29, 1.82) is 0 Å². The zero-order chi connectivity index (χ0) is 10.3. The molecule has 2 nitrogen and oxygen atoms in total. The maximum Gasteiger partial charge on any atom is 0.168 e. The Balaban J connectivity index is 3.01. The molecule has 0 atom stereocenters. The molecule has 1 heterocycles. The molecule has 0 N–H and O–H groups in total. The van der Waals surface area contributed by atoms with Crippen LogP contribution in [-0.4, -0.2) is 10.9 Å². The van der Waals surface area contributed by atoms with E-state index in [1.54, 1.807) is 4.57 Å². The second-order valence-corrected chi connectivity index (χ2v) is 4.24. The highest BCUT2D eigenvalue weighted by Gasteiger charge is 2.14. The van der Waals surface area contributed by atoms with Crippen molar-refractivity contribution in [2.45, 2.75) is 0 Å². The number of halogens is 2. The molecule has 0 saturated carbocycles. The number of rotatable bonds is 1. The van der Waals surface area contributed by atoms with E-state index in [4.69, 9.17) is 11.6 Å². The van der Waals surface area contributed by atoms with E-state index in [9.17, 15) is 4.79 Å². The average molecular weight is 273 g/mol. The van der Waals surface area contributed by atoms with Crippen molar-refractivity contribution in [3.05, 3.63) is 33.4 Å². The fourth-order valence-electron chi connectivity index (χ4n) is 1.55. The van der Waals surface area contributed by atoms with Gasteiger partial charge in [-0.05, 0) is 12.1 Å². The van der Waals surface area contributed by atoms with Gasteiger partial charge in [0.2, 0.25) is 0 Å². The summed E-state index contributed by atoms with van der Waals surface area (Å²) in [6.45, 7) is 0. The van der Waals surface area contributed by atoms with E-state index in [1.807, 2.05) is 25.2 Å². The number of nitrogens with zero attached hydrogens (tertiary/aromatic N) is 1. The van der Waals surface area contributed by atoms with E-state index in [1.165, 1.54) is 0 Å². The summed E-state index contributed by atoms with van der Waals surface area (Å²) in [6.07, 6.45) is 0.773. The van der Waals surface area contributed by atoms with Crippen molar-refractivity contribution >= 4 is 44.7 Å². The monoisotopic (exact) mass is 271 g/mol. The standard InChI is InChI=1S/C10H7BrClNO/c1-13-7-4-2-3-6(11)9(7)10(12)8(13)5-14/h2-5H,1H3. The molecule has 0 bridgehead atoms. The van der Waals surface area contributed by atoms with Crippen LogP contribution < -0.4 is 0 Å². The summed E-state index contributed by atoms with van der Waals surface area (Å²) in [5.74, 6) is 0. The number of aromatic nitrogens is 1. The second-order valence-electron chi connectivity index (χ2n) is 3.01. The van der Waals surface area contributed by atoms with Crippen LogP contribution in [0.5, 0.6) is 0 Å². The Hall–Kier alpha value is -0.800. The minimum atomic E-state index is 0.505. The zero-order valence-electron chi connectivity index (χ0n) is 7.42. The van der Waals surface area contributed by atoms with Gasteiger partial charge in [-0.25, -0.2) is 0 Å². The SMILES string of the molecule is Cn1c(C=O)c(Cl)c2c(Br)cccc21. The number of carbonyl (C=O) groups excluding carboxylic acids is 1. The Morgan fingerprint density at radius 2 is 2.21 bits per heavy atom. The molecule has 14 heavy (non-hydrogen) atoms. The molecule has 1 aromatic carbocycles. The van der Waals surface area contributed by atoms with Gasteiger partial charge in [0.05, 0.1) is 10.5 Å². The predicted molar refractivity (Wildman–Crippen MR) is 61.0 cm³/mol. The van der Waals surface area contributed by atoms with Crippen molar-refractivity contribution < 1.29 is 4.79 Å². The van der Waals surface area contributed by atoms with E-state index < -0.39 is 0 Å². The highest BCUT2D eigenvalue weighted by molar-refractivity contribution is 9.10. The van der Waals surface area contributed by atoms with Crippen LogP contribution in [0.15, 0.2) is 22.7 Å². The lowest BCUT2D eigenvalue weighted by Crippen LogP contribution is -1.93. The van der Waals surface area contributed by atoms with E-state index in [0.29, 0.717) is 10.7 Å². The van der Waals surface area contributed by atoms with Crippen molar-refractivity contribution in [3.8, 4) is 0 Å². The third-order valence-corrected chi connectivity index (χ3v) is 3.31. The number of carbonyl (C=O) groups is 1. The van der Waals surface area contributed by atoms with Crippen LogP contribution in [0, 0.1) is 0 Å². The van der Waals surface area contributed by atoms with Gasteiger partial charge in [0.15, 0.2) is 6.29 Å². The van der Waals surface area contributed by atoms with Gasteiger partial charge in [-0.2, -0.15) is 0 Å². The fourth-order valence-corrected chi connectivity index (χ4v) is 2.58. The van der Waals surface area contributed by atoms with Gasteiger partial charge in [0.1, 0.15) is 5.69 Å². The van der Waals surface area contributed by atoms with E-state index >= 15 is 0 Å². The van der Waals surface area contributed by atoms with Gasteiger partial charge < -0.3 is 4.57 Å². The van der Waals surface area contributed by atoms with E-state index in [2.05, 4.69) is 15.9 Å². The molecule has 2 rings (SSSR count). The van der Waals surface area contributed by atoms with Crippen LogP contribution in [-0.2, 0) is 7.05 Å². The van der Waals surface area contributed by atoms with Gasteiger partial charge in [-0.1, -0.05) is 33.6 Å². The summed E-state index contributed by atoms with van der Waals surface area (Å²) in [5, 5.41) is 1.39. The number of hydrogen-bond donors (Lipinski definition) is 0. The molecular formula is C10H7BrClNO. The molecule has 0 aliphatic heterocycles. The van der Waals surface area contributed by atoms with Gasteiger partial charge in [0, 0.05) is 16.9 Å². The number of fused-ring (bicyclic) bond motifs is 1. The number of hydrogen-bond acceptors (Lipinski definition) is 1. The van der Waals surface area contributed by atoms with Crippen molar-refractivity contribution in [1.82, 2.24) is 4.57 Å². The van der Waals surface area contributed by atoms with Gasteiger partial charge in [-0.3, -0.25) is 4.79 Å². The number of aryl methyl sites for hydroxylation is 1. The molecule has 0 aliphatic rings. The maximum atomic E-state index is 10.8. The second kappa shape index (κ2) is 3.41. The normalized spacial score (nSPS) is 10.8. The molecule has 2 aromatic rings. The molecule has 0 aliphatic carbocycles. The summed E-state index contributed by atoms with van der Waals surface area (Å²) >= 11 is 9.50. The number of benzene rings is 1. The Morgan fingerprint density at radius 3 is 2.79 bits per heavy atom. The highest BCUT2D eigenvalue weighted by atomic mass is 79.9. The first-order valence-electron chi connectivity index (χ1n) is 4.04. The lowest BCUT2D eigenvalue weighted by atomic mass is 10.2. The van der Waals surface area contributed by atoms with Crippen molar-refractivity contribution in [2.24, 2.45) is 7.05 Å². The van der Waals surface area contributed by atoms with Gasteiger partial charge in [0.25, 0.3) is 0 Å². The molecule has 4 heteroatoms. The van der Waals surface area contributed by atoms with Gasteiger partial charge in [-0.15, -0.1) is 0 Å². The molecule has 0 saturated heterocycles. The summed E-state index contributed by atoms with van der Waals surface area (Å²) in [4.78, 5) is 10.8. The van der Waals surface area contributed by atoms with Crippen LogP contribution in [0.3, 0.4) is 0 Å². The summed E-state index contributed by atoms with van der Waals surface area (Å²) < 4.78 is 2.69. The van der Waals surface area contributed by atoms with E-state index in [0.717, 1.165) is 21.7 Å². The molecule has 0 amide bonds. The van der Waals surface area contributed by atoms with Crippen LogP contribution in [0.2, 0.25) is 5.02 Å². The quantitative estimate of drug-likeness (QED) is 0.729. The lowest BCUT2D eigenvalue weighted by molar-refractivity contribution is 0.111. The average Bonchev–Trinajstić information content (AvgIpc) is 2.41. The first-order chi connectivity index (χ1) is 6.66. The first-order valence-corrected chi connectivity index (χ1v) is 5.21. The third kappa shape index (κ3) is 1.20. The fraction of sp³-hybridized carbons (Fsp3) is 0.100. The van der Waals surface area contributed by atoms with Crippen LogP contribution >= 0.6 is 27.5 Å². The topological polar surface area (TPSA) is 22.0 Å². The molecule has 1 aromatic heterocycles. The predicted octanol–water partition coefficient (Wildman–Crippen LogP) is 3.41. The van der Waals surface area contributed by atoms with Crippen LogP contribution in [0.4, 0.5) is 0 Å². The van der Waals surface area contributed by atoms with Crippen LogP contribution in [0.1, 0.15) is 10.5 Å². The summed E-state index contributed by atoms with van der Waals surface area (Å²) in [5.41, 5.74) is 1.46. The molecule has 0 spiro atoms. The summed E-state index contributed by atoms with van der Waals surface area (Å²) in [7, 11) is 1.82. The molecular weight excluding hydrogens is 265 g/mol. The lowest BCUT2D eigenvalue weighted by Gasteiger charge is -1.97. The van der Waals surface area contributed by atoms with Crippen molar-refractivity contribution in [3.63, 3.8) is 0 Å². The van der Waals surface area contributed by atoms with Gasteiger partial charge >= 0.3 is 0 Å². The highest BCUT2D eigenvalue weighted by Crippen LogP contribution is 2.34. The van der Waals surface area contributed by atoms with Crippen LogP contribution in [0.25, 0.3) is 10.9 Å². The Bertz CT molecular complexity index is 518. The molecule has 0 unspecified atom stereocenters.